The van der Waals surface area contributed by atoms with Gasteiger partial charge in [0, 0.05) is 23.7 Å². The van der Waals surface area contributed by atoms with Crippen molar-refractivity contribution < 1.29 is 35.9 Å². The quantitative estimate of drug-likeness (QED) is 0.768. The molecule has 2 aromatic heterocycles. The molecule has 0 aliphatic heterocycles. The van der Waals surface area contributed by atoms with Crippen molar-refractivity contribution >= 4 is 0 Å². The molecule has 1 aliphatic carbocycles. The Bertz CT molecular complexity index is 700. The number of hydrogen-bond acceptors (Lipinski definition) is 6. The number of alkyl halides is 5. The molecule has 2 aromatic rings. The van der Waals surface area contributed by atoms with Gasteiger partial charge in [-0.1, -0.05) is 5.16 Å². The fourth-order valence-corrected chi connectivity index (χ4v) is 2.28. The second kappa shape index (κ2) is 6.30. The van der Waals surface area contributed by atoms with Crippen molar-refractivity contribution in [2.75, 3.05) is 0 Å². The van der Waals surface area contributed by atoms with E-state index in [1.807, 2.05) is 0 Å². The molecule has 0 saturated heterocycles. The number of rotatable bonds is 5. The summed E-state index contributed by atoms with van der Waals surface area (Å²) in [5.74, 6) is -0.375. The van der Waals surface area contributed by atoms with Gasteiger partial charge in [-0.15, -0.1) is 13.2 Å². The van der Waals surface area contributed by atoms with Crippen LogP contribution in [0.25, 0.3) is 11.4 Å². The van der Waals surface area contributed by atoms with Crippen molar-refractivity contribution in [1.29, 1.82) is 0 Å². The van der Waals surface area contributed by atoms with Crippen LogP contribution in [-0.4, -0.2) is 34.2 Å². The molecule has 24 heavy (non-hydrogen) atoms. The van der Waals surface area contributed by atoms with Gasteiger partial charge in [-0.05, 0) is 18.9 Å². The number of ether oxygens (including phenoxy) is 2. The van der Waals surface area contributed by atoms with Gasteiger partial charge in [0.2, 0.25) is 17.6 Å². The Morgan fingerprint density at radius 2 is 2.00 bits per heavy atom. The lowest BCUT2D eigenvalue weighted by molar-refractivity contribution is -0.352. The van der Waals surface area contributed by atoms with Crippen LogP contribution in [0.4, 0.5) is 22.0 Å². The highest BCUT2D eigenvalue weighted by molar-refractivity contribution is 5.55. The Morgan fingerprint density at radius 3 is 2.67 bits per heavy atom. The summed E-state index contributed by atoms with van der Waals surface area (Å²) in [6.45, 7) is -3.02. The van der Waals surface area contributed by atoms with Gasteiger partial charge in [-0.25, -0.2) is 4.98 Å². The van der Waals surface area contributed by atoms with E-state index in [2.05, 4.69) is 24.6 Å². The fourth-order valence-electron chi connectivity index (χ4n) is 2.28. The number of nitrogens with zero attached hydrogens (tertiary/aromatic N) is 3. The highest BCUT2D eigenvalue weighted by atomic mass is 19.4. The van der Waals surface area contributed by atoms with Gasteiger partial charge >= 0.3 is 13.0 Å². The molecule has 1 aliphatic rings. The van der Waals surface area contributed by atoms with Crippen LogP contribution in [-0.2, 0) is 4.74 Å². The first-order valence-electron chi connectivity index (χ1n) is 6.79. The topological polar surface area (TPSA) is 70.3 Å². The van der Waals surface area contributed by atoms with E-state index in [9.17, 15) is 22.0 Å². The first-order chi connectivity index (χ1) is 11.3. The third-order valence-electron chi connectivity index (χ3n) is 3.39. The van der Waals surface area contributed by atoms with Crippen LogP contribution in [0, 0.1) is 0 Å². The second-order valence-electron chi connectivity index (χ2n) is 5.07. The summed E-state index contributed by atoms with van der Waals surface area (Å²) in [6.07, 6.45) is -4.15. The Morgan fingerprint density at radius 1 is 1.25 bits per heavy atom. The monoisotopic (exact) mass is 351 g/mol. The molecular formula is C13H10F5N3O3. The molecule has 0 unspecified atom stereocenters. The number of aromatic nitrogens is 3. The van der Waals surface area contributed by atoms with Crippen molar-refractivity contribution in [3.05, 3.63) is 24.2 Å². The molecule has 0 N–H and O–H groups in total. The summed E-state index contributed by atoms with van der Waals surface area (Å²) in [4.78, 5) is 7.68. The van der Waals surface area contributed by atoms with E-state index in [4.69, 9.17) is 4.52 Å². The predicted octanol–water partition coefficient (Wildman–Crippen LogP) is 3.52. The molecular weight excluding hydrogens is 341 g/mol. The molecule has 1 fully saturated rings. The smallest absolute Gasteiger partial charge is 0.417 e. The lowest BCUT2D eigenvalue weighted by Gasteiger charge is -2.32. The van der Waals surface area contributed by atoms with Crippen LogP contribution >= 0.6 is 0 Å². The molecule has 11 heteroatoms. The maximum atomic E-state index is 12.2. The fraction of sp³-hybridized carbons (Fsp3) is 0.462. The SMILES string of the molecule is FC(F)Oc1cc(-c2noc(C3CC(OC(F)(F)F)C3)n2)ccn1. The van der Waals surface area contributed by atoms with E-state index in [1.165, 1.54) is 18.3 Å². The highest BCUT2D eigenvalue weighted by Gasteiger charge is 2.42. The zero-order chi connectivity index (χ0) is 17.3. The predicted molar refractivity (Wildman–Crippen MR) is 67.1 cm³/mol. The van der Waals surface area contributed by atoms with Crippen LogP contribution in [0.5, 0.6) is 5.88 Å². The molecule has 0 amide bonds. The normalized spacial score (nSPS) is 20.9. The average Bonchev–Trinajstić information content (AvgIpc) is 2.90. The van der Waals surface area contributed by atoms with Gasteiger partial charge in [0.15, 0.2) is 0 Å². The van der Waals surface area contributed by atoms with Crippen molar-refractivity contribution in [2.45, 2.75) is 37.8 Å². The lowest BCUT2D eigenvalue weighted by atomic mass is 9.82. The molecule has 0 aromatic carbocycles. The number of pyridine rings is 1. The minimum Gasteiger partial charge on any atom is -0.417 e. The van der Waals surface area contributed by atoms with Gasteiger partial charge in [-0.2, -0.15) is 13.8 Å². The molecule has 6 nitrogen and oxygen atoms in total. The third-order valence-corrected chi connectivity index (χ3v) is 3.39. The zero-order valence-electron chi connectivity index (χ0n) is 11.8. The van der Waals surface area contributed by atoms with Crippen molar-refractivity contribution in [3.63, 3.8) is 0 Å². The van der Waals surface area contributed by atoms with E-state index in [1.54, 1.807) is 0 Å². The minimum atomic E-state index is -4.67. The lowest BCUT2D eigenvalue weighted by Crippen LogP contribution is -2.34. The molecule has 0 bridgehead atoms. The molecule has 2 heterocycles. The van der Waals surface area contributed by atoms with Crippen molar-refractivity contribution in [1.82, 2.24) is 15.1 Å². The standard InChI is InChI=1S/C13H10F5N3O3/c14-12(15)22-9-5-6(1-2-19-9)10-20-11(24-21-10)7-3-8(4-7)23-13(16,17)18/h1-2,5,7-8,12H,3-4H2. The molecule has 3 rings (SSSR count). The maximum Gasteiger partial charge on any atom is 0.522 e. The van der Waals surface area contributed by atoms with Gasteiger partial charge in [0.1, 0.15) is 0 Å². The Kier molecular flexibility index (Phi) is 4.35. The van der Waals surface area contributed by atoms with E-state index in [-0.39, 0.29) is 36.4 Å². The van der Waals surface area contributed by atoms with Gasteiger partial charge in [-0.3, -0.25) is 4.74 Å². The first-order valence-corrected chi connectivity index (χ1v) is 6.79. The van der Waals surface area contributed by atoms with E-state index < -0.39 is 19.1 Å². The Balaban J connectivity index is 1.65. The van der Waals surface area contributed by atoms with Gasteiger partial charge in [0.25, 0.3) is 0 Å². The Hall–Kier alpha value is -2.30. The van der Waals surface area contributed by atoms with Crippen molar-refractivity contribution in [2.24, 2.45) is 0 Å². The molecule has 1 saturated carbocycles. The Labute approximate surface area is 131 Å². The second-order valence-corrected chi connectivity index (χ2v) is 5.07. The molecule has 0 spiro atoms. The van der Waals surface area contributed by atoms with Crippen LogP contribution in [0.15, 0.2) is 22.9 Å². The van der Waals surface area contributed by atoms with Crippen LogP contribution in [0.3, 0.4) is 0 Å². The summed E-state index contributed by atoms with van der Waals surface area (Å²) in [5.41, 5.74) is 0.332. The van der Waals surface area contributed by atoms with Gasteiger partial charge in [0.05, 0.1) is 6.10 Å². The van der Waals surface area contributed by atoms with Crippen molar-refractivity contribution in [3.8, 4) is 17.3 Å². The summed E-state index contributed by atoms with van der Waals surface area (Å²) >= 11 is 0. The van der Waals surface area contributed by atoms with E-state index >= 15 is 0 Å². The average molecular weight is 351 g/mol. The molecule has 130 valence electrons. The van der Waals surface area contributed by atoms with Crippen LogP contribution < -0.4 is 4.74 Å². The summed E-state index contributed by atoms with van der Waals surface area (Å²) < 4.78 is 73.6. The van der Waals surface area contributed by atoms with Gasteiger partial charge < -0.3 is 9.26 Å². The molecule has 0 atom stereocenters. The number of halogens is 5. The highest BCUT2D eigenvalue weighted by Crippen LogP contribution is 2.41. The maximum absolute atomic E-state index is 12.2. The minimum absolute atomic E-state index is 0.103. The largest absolute Gasteiger partial charge is 0.522 e. The van der Waals surface area contributed by atoms with Crippen LogP contribution in [0.2, 0.25) is 0 Å². The van der Waals surface area contributed by atoms with E-state index in [0.717, 1.165) is 0 Å². The summed E-state index contributed by atoms with van der Waals surface area (Å²) in [5, 5.41) is 3.69. The third kappa shape index (κ3) is 3.96. The van der Waals surface area contributed by atoms with Crippen LogP contribution in [0.1, 0.15) is 24.7 Å². The first kappa shape index (κ1) is 16.6. The zero-order valence-corrected chi connectivity index (χ0v) is 11.8. The summed E-state index contributed by atoms with van der Waals surface area (Å²) in [7, 11) is 0. The van der Waals surface area contributed by atoms with E-state index in [0.29, 0.717) is 5.56 Å². The number of hydrogen-bond donors (Lipinski definition) is 0. The molecule has 0 radical (unpaired) electrons. The summed E-state index contributed by atoms with van der Waals surface area (Å²) in [6, 6.07) is 2.67.